The van der Waals surface area contributed by atoms with E-state index in [2.05, 4.69) is 4.74 Å². The van der Waals surface area contributed by atoms with Crippen LogP contribution in [0.25, 0.3) is 0 Å². The molecule has 5 heteroatoms. The van der Waals surface area contributed by atoms with E-state index in [0.717, 1.165) is 11.1 Å². The lowest BCUT2D eigenvalue weighted by molar-refractivity contribution is -0.158. The van der Waals surface area contributed by atoms with Crippen molar-refractivity contribution in [2.45, 2.75) is 6.42 Å². The Morgan fingerprint density at radius 1 is 0.870 bits per heavy atom. The van der Waals surface area contributed by atoms with Gasteiger partial charge in [0.2, 0.25) is 0 Å². The summed E-state index contributed by atoms with van der Waals surface area (Å²) in [4.78, 5) is 22.5. The first-order valence-corrected chi connectivity index (χ1v) is 7.16. The molecule has 0 bridgehead atoms. The number of hydrogen-bond donors (Lipinski definition) is 0. The second-order valence-electron chi connectivity index (χ2n) is 4.80. The standard InChI is InChI=1S/C18H18O5/c1-21-17(19)12-23-18(20)13-22-16-10-6-5-9-15(16)11-14-7-3-2-4-8-14/h2-10H,11-13H2,1H3. The Bertz CT molecular complexity index is 651. The van der Waals surface area contributed by atoms with Gasteiger partial charge in [0, 0.05) is 6.42 Å². The summed E-state index contributed by atoms with van der Waals surface area (Å²) in [5.74, 6) is -0.612. The van der Waals surface area contributed by atoms with Crippen LogP contribution < -0.4 is 4.74 Å². The summed E-state index contributed by atoms with van der Waals surface area (Å²) in [6, 6.07) is 17.5. The van der Waals surface area contributed by atoms with Crippen LogP contribution in [-0.4, -0.2) is 32.3 Å². The predicted molar refractivity (Wildman–Crippen MR) is 84.2 cm³/mol. The molecule has 0 aliphatic rings. The molecular formula is C18H18O5. The van der Waals surface area contributed by atoms with E-state index < -0.39 is 18.5 Å². The highest BCUT2D eigenvalue weighted by atomic mass is 16.6. The second-order valence-corrected chi connectivity index (χ2v) is 4.80. The van der Waals surface area contributed by atoms with Crippen LogP contribution in [0.5, 0.6) is 5.75 Å². The molecule has 120 valence electrons. The van der Waals surface area contributed by atoms with Crippen molar-refractivity contribution in [3.05, 3.63) is 65.7 Å². The first kappa shape index (κ1) is 16.5. The van der Waals surface area contributed by atoms with Gasteiger partial charge in [0.1, 0.15) is 5.75 Å². The average Bonchev–Trinajstić information content (AvgIpc) is 2.59. The monoisotopic (exact) mass is 314 g/mol. The van der Waals surface area contributed by atoms with Gasteiger partial charge in [-0.25, -0.2) is 9.59 Å². The number of ether oxygens (including phenoxy) is 3. The zero-order chi connectivity index (χ0) is 16.5. The molecule has 0 aliphatic carbocycles. The summed E-state index contributed by atoms with van der Waals surface area (Å²) < 4.78 is 14.6. The number of rotatable bonds is 7. The zero-order valence-electron chi connectivity index (χ0n) is 12.9. The largest absolute Gasteiger partial charge is 0.482 e. The van der Waals surface area contributed by atoms with Crippen molar-refractivity contribution in [1.82, 2.24) is 0 Å². The van der Waals surface area contributed by atoms with Crippen LogP contribution in [0.15, 0.2) is 54.6 Å². The van der Waals surface area contributed by atoms with Gasteiger partial charge in [0.15, 0.2) is 13.2 Å². The molecule has 0 amide bonds. The highest BCUT2D eigenvalue weighted by molar-refractivity contribution is 5.77. The number of hydrogen-bond acceptors (Lipinski definition) is 5. The van der Waals surface area contributed by atoms with Gasteiger partial charge in [0.25, 0.3) is 0 Å². The van der Waals surface area contributed by atoms with Gasteiger partial charge in [-0.15, -0.1) is 0 Å². The lowest BCUT2D eigenvalue weighted by Gasteiger charge is -2.11. The summed E-state index contributed by atoms with van der Waals surface area (Å²) in [5.41, 5.74) is 2.12. The van der Waals surface area contributed by atoms with Crippen molar-refractivity contribution in [1.29, 1.82) is 0 Å². The van der Waals surface area contributed by atoms with Crippen LogP contribution in [0.1, 0.15) is 11.1 Å². The van der Waals surface area contributed by atoms with E-state index >= 15 is 0 Å². The third kappa shape index (κ3) is 5.47. The fourth-order valence-corrected chi connectivity index (χ4v) is 1.98. The average molecular weight is 314 g/mol. The first-order chi connectivity index (χ1) is 11.2. The molecule has 0 saturated heterocycles. The van der Waals surface area contributed by atoms with Crippen LogP contribution in [0, 0.1) is 0 Å². The van der Waals surface area contributed by atoms with Crippen LogP contribution >= 0.6 is 0 Å². The minimum atomic E-state index is -0.620. The van der Waals surface area contributed by atoms with Gasteiger partial charge in [-0.1, -0.05) is 48.5 Å². The maximum Gasteiger partial charge on any atom is 0.344 e. The van der Waals surface area contributed by atoms with Crippen molar-refractivity contribution in [3.8, 4) is 5.75 Å². The third-order valence-corrected chi connectivity index (χ3v) is 3.13. The molecule has 0 N–H and O–H groups in total. The molecule has 0 atom stereocenters. The van der Waals surface area contributed by atoms with Crippen LogP contribution in [0.3, 0.4) is 0 Å². The summed E-state index contributed by atoms with van der Waals surface area (Å²) in [6.07, 6.45) is 0.703. The smallest absolute Gasteiger partial charge is 0.344 e. The number of carbonyl (C=O) groups is 2. The number of esters is 2. The van der Waals surface area contributed by atoms with E-state index in [9.17, 15) is 9.59 Å². The highest BCUT2D eigenvalue weighted by Crippen LogP contribution is 2.21. The van der Waals surface area contributed by atoms with Gasteiger partial charge in [-0.05, 0) is 17.2 Å². The van der Waals surface area contributed by atoms with Crippen molar-refractivity contribution < 1.29 is 23.8 Å². The van der Waals surface area contributed by atoms with E-state index in [1.807, 2.05) is 48.5 Å². The number of carbonyl (C=O) groups excluding carboxylic acids is 2. The Morgan fingerprint density at radius 3 is 2.30 bits per heavy atom. The van der Waals surface area contributed by atoms with Gasteiger partial charge in [0.05, 0.1) is 7.11 Å². The van der Waals surface area contributed by atoms with Crippen LogP contribution in [0.2, 0.25) is 0 Å². The van der Waals surface area contributed by atoms with E-state index in [0.29, 0.717) is 12.2 Å². The molecule has 0 spiro atoms. The molecule has 0 fully saturated rings. The SMILES string of the molecule is COC(=O)COC(=O)COc1ccccc1Cc1ccccc1. The molecule has 0 heterocycles. The van der Waals surface area contributed by atoms with Crippen LogP contribution in [0.4, 0.5) is 0 Å². The molecule has 0 radical (unpaired) electrons. The Kier molecular flexibility index (Phi) is 6.17. The number of para-hydroxylation sites is 1. The van der Waals surface area contributed by atoms with Crippen molar-refractivity contribution >= 4 is 11.9 Å². The Labute approximate surface area is 134 Å². The molecule has 0 saturated carbocycles. The lowest BCUT2D eigenvalue weighted by atomic mass is 10.0. The van der Waals surface area contributed by atoms with Gasteiger partial charge >= 0.3 is 11.9 Å². The maximum absolute atomic E-state index is 11.6. The highest BCUT2D eigenvalue weighted by Gasteiger charge is 2.10. The Hall–Kier alpha value is -2.82. The van der Waals surface area contributed by atoms with Crippen molar-refractivity contribution in [2.24, 2.45) is 0 Å². The van der Waals surface area contributed by atoms with E-state index in [-0.39, 0.29) is 6.61 Å². The molecule has 2 aromatic carbocycles. The van der Waals surface area contributed by atoms with E-state index in [4.69, 9.17) is 9.47 Å². The normalized spacial score (nSPS) is 9.96. The molecule has 5 nitrogen and oxygen atoms in total. The molecule has 23 heavy (non-hydrogen) atoms. The molecular weight excluding hydrogens is 296 g/mol. The summed E-state index contributed by atoms with van der Waals surface area (Å²) in [5, 5.41) is 0. The first-order valence-electron chi connectivity index (χ1n) is 7.16. The summed E-state index contributed by atoms with van der Waals surface area (Å²) in [7, 11) is 1.23. The zero-order valence-corrected chi connectivity index (χ0v) is 12.9. The van der Waals surface area contributed by atoms with Crippen LogP contribution in [-0.2, 0) is 25.5 Å². The third-order valence-electron chi connectivity index (χ3n) is 3.13. The molecule has 2 aromatic rings. The number of benzene rings is 2. The topological polar surface area (TPSA) is 61.8 Å². The molecule has 0 unspecified atom stereocenters. The summed E-state index contributed by atoms with van der Waals surface area (Å²) >= 11 is 0. The minimum absolute atomic E-state index is 0.261. The maximum atomic E-state index is 11.6. The van der Waals surface area contributed by atoms with E-state index in [1.165, 1.54) is 7.11 Å². The quantitative estimate of drug-likeness (QED) is 0.734. The lowest BCUT2D eigenvalue weighted by Crippen LogP contribution is -2.20. The van der Waals surface area contributed by atoms with Crippen molar-refractivity contribution in [3.63, 3.8) is 0 Å². The van der Waals surface area contributed by atoms with Crippen molar-refractivity contribution in [2.75, 3.05) is 20.3 Å². The fourth-order valence-electron chi connectivity index (χ4n) is 1.98. The molecule has 0 aromatic heterocycles. The van der Waals surface area contributed by atoms with E-state index in [1.54, 1.807) is 6.07 Å². The van der Waals surface area contributed by atoms with Gasteiger partial charge in [-0.3, -0.25) is 0 Å². The molecule has 0 aliphatic heterocycles. The predicted octanol–water partition coefficient (Wildman–Crippen LogP) is 2.37. The number of methoxy groups -OCH3 is 1. The van der Waals surface area contributed by atoms with Gasteiger partial charge in [-0.2, -0.15) is 0 Å². The van der Waals surface area contributed by atoms with Gasteiger partial charge < -0.3 is 14.2 Å². The summed E-state index contributed by atoms with van der Waals surface area (Å²) in [6.45, 7) is -0.673. The molecule has 2 rings (SSSR count). The minimum Gasteiger partial charge on any atom is -0.482 e. The Balaban J connectivity index is 1.93. The Morgan fingerprint density at radius 2 is 1.57 bits per heavy atom. The fraction of sp³-hybridized carbons (Fsp3) is 0.222. The second kappa shape index (κ2) is 8.58.